The van der Waals surface area contributed by atoms with E-state index in [-0.39, 0.29) is 0 Å². The topological polar surface area (TPSA) is 12.0 Å². The summed E-state index contributed by atoms with van der Waals surface area (Å²) >= 11 is 0. The van der Waals surface area contributed by atoms with E-state index in [1.807, 2.05) is 0 Å². The summed E-state index contributed by atoms with van der Waals surface area (Å²) in [5.74, 6) is 0. The van der Waals surface area contributed by atoms with Crippen LogP contribution in [0.3, 0.4) is 0 Å². The summed E-state index contributed by atoms with van der Waals surface area (Å²) in [6, 6.07) is 9.55. The molecule has 1 unspecified atom stereocenters. The first-order chi connectivity index (χ1) is 9.54. The van der Waals surface area contributed by atoms with E-state index in [0.29, 0.717) is 10.8 Å². The fourth-order valence-electron chi connectivity index (χ4n) is 3.44. The van der Waals surface area contributed by atoms with Crippen molar-refractivity contribution in [2.45, 2.75) is 70.6 Å². The maximum Gasteiger partial charge on any atom is -0.00405 e. The minimum Gasteiger partial charge on any atom is -0.317 e. The Kier molecular flexibility index (Phi) is 4.90. The van der Waals surface area contributed by atoms with Gasteiger partial charge in [-0.1, -0.05) is 52.0 Å². The fourth-order valence-corrected chi connectivity index (χ4v) is 3.44. The van der Waals surface area contributed by atoms with Gasteiger partial charge < -0.3 is 5.32 Å². The second kappa shape index (κ2) is 6.30. The van der Waals surface area contributed by atoms with Crippen LogP contribution in [0, 0.1) is 0 Å². The predicted octanol–water partition coefficient (Wildman–Crippen LogP) is 4.80. The monoisotopic (exact) mass is 273 g/mol. The second-order valence-electron chi connectivity index (χ2n) is 7.01. The first-order valence-electron chi connectivity index (χ1n) is 8.36. The van der Waals surface area contributed by atoms with Crippen LogP contribution in [0.2, 0.25) is 0 Å². The highest BCUT2D eigenvalue weighted by Gasteiger charge is 2.28. The maximum absolute atomic E-state index is 3.53. The molecule has 20 heavy (non-hydrogen) atoms. The van der Waals surface area contributed by atoms with Crippen LogP contribution in [0.25, 0.3) is 0 Å². The first-order valence-corrected chi connectivity index (χ1v) is 8.36. The molecule has 0 amide bonds. The van der Waals surface area contributed by atoms with Crippen molar-refractivity contribution >= 4 is 0 Å². The van der Waals surface area contributed by atoms with Crippen molar-refractivity contribution in [3.05, 3.63) is 35.4 Å². The van der Waals surface area contributed by atoms with Crippen molar-refractivity contribution < 1.29 is 0 Å². The molecule has 1 heteroatoms. The van der Waals surface area contributed by atoms with Crippen LogP contribution in [0.4, 0.5) is 0 Å². The molecule has 1 aromatic carbocycles. The lowest BCUT2D eigenvalue weighted by Crippen LogP contribution is -2.24. The van der Waals surface area contributed by atoms with Gasteiger partial charge in [0.2, 0.25) is 0 Å². The van der Waals surface area contributed by atoms with Crippen LogP contribution in [-0.2, 0) is 10.8 Å². The van der Waals surface area contributed by atoms with Crippen LogP contribution in [0.1, 0.15) is 70.9 Å². The lowest BCUT2D eigenvalue weighted by Gasteiger charge is -2.31. The molecule has 1 aromatic rings. The van der Waals surface area contributed by atoms with E-state index in [0.717, 1.165) is 6.54 Å². The third kappa shape index (κ3) is 3.09. The van der Waals surface area contributed by atoms with Gasteiger partial charge in [0.1, 0.15) is 0 Å². The SMILES string of the molecule is CCC(C)(CC)c1ccc(C2(C)CCCNCC2)cc1. The molecule has 1 nitrogen and oxygen atoms in total. The third-order valence-corrected chi connectivity index (χ3v) is 5.78. The summed E-state index contributed by atoms with van der Waals surface area (Å²) in [6.07, 6.45) is 6.28. The average molecular weight is 273 g/mol. The molecule has 0 bridgehead atoms. The van der Waals surface area contributed by atoms with Crippen molar-refractivity contribution in [3.8, 4) is 0 Å². The Morgan fingerprint density at radius 3 is 2.30 bits per heavy atom. The largest absolute Gasteiger partial charge is 0.317 e. The van der Waals surface area contributed by atoms with Gasteiger partial charge in [0.05, 0.1) is 0 Å². The van der Waals surface area contributed by atoms with E-state index in [1.54, 1.807) is 0 Å². The van der Waals surface area contributed by atoms with Gasteiger partial charge in [-0.25, -0.2) is 0 Å². The second-order valence-corrected chi connectivity index (χ2v) is 7.01. The van der Waals surface area contributed by atoms with E-state index in [1.165, 1.54) is 49.8 Å². The van der Waals surface area contributed by atoms with Crippen LogP contribution in [-0.4, -0.2) is 13.1 Å². The molecule has 1 aliphatic heterocycles. The maximum atomic E-state index is 3.53. The van der Waals surface area contributed by atoms with E-state index in [9.17, 15) is 0 Å². The Labute approximate surface area is 125 Å². The summed E-state index contributed by atoms with van der Waals surface area (Å²) in [7, 11) is 0. The van der Waals surface area contributed by atoms with Crippen molar-refractivity contribution in [1.29, 1.82) is 0 Å². The number of rotatable bonds is 4. The van der Waals surface area contributed by atoms with Gasteiger partial charge in [0.25, 0.3) is 0 Å². The van der Waals surface area contributed by atoms with Gasteiger partial charge in [-0.05, 0) is 67.2 Å². The van der Waals surface area contributed by atoms with E-state index >= 15 is 0 Å². The molecule has 0 aromatic heterocycles. The fraction of sp³-hybridized carbons (Fsp3) is 0.684. The lowest BCUT2D eigenvalue weighted by atomic mass is 9.73. The highest BCUT2D eigenvalue weighted by atomic mass is 14.9. The van der Waals surface area contributed by atoms with Crippen molar-refractivity contribution in [3.63, 3.8) is 0 Å². The van der Waals surface area contributed by atoms with Gasteiger partial charge in [-0.15, -0.1) is 0 Å². The van der Waals surface area contributed by atoms with E-state index < -0.39 is 0 Å². The lowest BCUT2D eigenvalue weighted by molar-refractivity contribution is 0.417. The van der Waals surface area contributed by atoms with Gasteiger partial charge in [-0.2, -0.15) is 0 Å². The Bertz CT molecular complexity index is 406. The zero-order valence-electron chi connectivity index (χ0n) is 13.8. The predicted molar refractivity (Wildman–Crippen MR) is 88.4 cm³/mol. The molecular weight excluding hydrogens is 242 g/mol. The van der Waals surface area contributed by atoms with Gasteiger partial charge in [-0.3, -0.25) is 0 Å². The number of hydrogen-bond donors (Lipinski definition) is 1. The summed E-state index contributed by atoms with van der Waals surface area (Å²) in [4.78, 5) is 0. The summed E-state index contributed by atoms with van der Waals surface area (Å²) in [5.41, 5.74) is 3.72. The molecule has 1 aliphatic rings. The Balaban J connectivity index is 2.23. The standard InChI is InChI=1S/C19H31N/c1-5-18(3,6-2)16-8-10-17(11-9-16)19(4)12-7-14-20-15-13-19/h8-11,20H,5-7,12-15H2,1-4H3. The van der Waals surface area contributed by atoms with E-state index in [2.05, 4.69) is 57.3 Å². The zero-order valence-corrected chi connectivity index (χ0v) is 13.8. The third-order valence-electron chi connectivity index (χ3n) is 5.78. The smallest absolute Gasteiger partial charge is 0.00405 e. The van der Waals surface area contributed by atoms with Crippen LogP contribution in [0.15, 0.2) is 24.3 Å². The number of benzene rings is 1. The van der Waals surface area contributed by atoms with Gasteiger partial charge in [0, 0.05) is 0 Å². The Morgan fingerprint density at radius 2 is 1.70 bits per heavy atom. The van der Waals surface area contributed by atoms with Crippen LogP contribution in [0.5, 0.6) is 0 Å². The van der Waals surface area contributed by atoms with Crippen molar-refractivity contribution in [2.24, 2.45) is 0 Å². The zero-order chi connectivity index (χ0) is 14.6. The average Bonchev–Trinajstić information content (AvgIpc) is 2.72. The summed E-state index contributed by atoms with van der Waals surface area (Å²) in [6.45, 7) is 11.8. The normalized spacial score (nSPS) is 24.4. The molecule has 0 spiro atoms. The highest BCUT2D eigenvalue weighted by molar-refractivity contribution is 5.32. The van der Waals surface area contributed by atoms with Crippen molar-refractivity contribution in [1.82, 2.24) is 5.32 Å². The van der Waals surface area contributed by atoms with E-state index in [4.69, 9.17) is 0 Å². The summed E-state index contributed by atoms with van der Waals surface area (Å²) in [5, 5.41) is 3.53. The van der Waals surface area contributed by atoms with Crippen molar-refractivity contribution in [2.75, 3.05) is 13.1 Å². The minimum atomic E-state index is 0.338. The molecule has 0 aliphatic carbocycles. The molecule has 0 saturated carbocycles. The minimum absolute atomic E-state index is 0.338. The molecule has 1 atom stereocenters. The van der Waals surface area contributed by atoms with Crippen LogP contribution >= 0.6 is 0 Å². The molecule has 1 fully saturated rings. The Morgan fingerprint density at radius 1 is 1.05 bits per heavy atom. The molecule has 1 heterocycles. The first kappa shape index (κ1) is 15.6. The molecule has 0 radical (unpaired) electrons. The molecule has 2 rings (SSSR count). The summed E-state index contributed by atoms with van der Waals surface area (Å²) < 4.78 is 0. The molecule has 112 valence electrons. The number of nitrogens with one attached hydrogen (secondary N) is 1. The molecule has 1 N–H and O–H groups in total. The molecule has 1 saturated heterocycles. The van der Waals surface area contributed by atoms with Gasteiger partial charge in [0.15, 0.2) is 0 Å². The Hall–Kier alpha value is -0.820. The van der Waals surface area contributed by atoms with Crippen LogP contribution < -0.4 is 5.32 Å². The quantitative estimate of drug-likeness (QED) is 0.831. The van der Waals surface area contributed by atoms with Gasteiger partial charge >= 0.3 is 0 Å². The highest BCUT2D eigenvalue weighted by Crippen LogP contribution is 2.36. The molecular formula is C19H31N. The number of hydrogen-bond acceptors (Lipinski definition) is 1.